The van der Waals surface area contributed by atoms with Crippen LogP contribution in [0.2, 0.25) is 0 Å². The van der Waals surface area contributed by atoms with Gasteiger partial charge in [-0.2, -0.15) is 0 Å². The number of hydrogen-bond donors (Lipinski definition) is 2. The second-order valence-corrected chi connectivity index (χ2v) is 5.67. The van der Waals surface area contributed by atoms with Crippen LogP contribution in [0.15, 0.2) is 52.6 Å². The van der Waals surface area contributed by atoms with E-state index >= 15 is 0 Å². The maximum Gasteiger partial charge on any atom is 0.191 e. The summed E-state index contributed by atoms with van der Waals surface area (Å²) >= 11 is 0. The largest absolute Gasteiger partial charge is 0.493 e. The summed E-state index contributed by atoms with van der Waals surface area (Å²) in [5.74, 6) is 3.14. The van der Waals surface area contributed by atoms with E-state index in [1.807, 2.05) is 24.3 Å². The van der Waals surface area contributed by atoms with Crippen LogP contribution in [-0.2, 0) is 19.4 Å². The van der Waals surface area contributed by atoms with Crippen LogP contribution < -0.4 is 20.1 Å². The third kappa shape index (κ3) is 5.31. The van der Waals surface area contributed by atoms with Crippen molar-refractivity contribution < 1.29 is 13.9 Å². The number of ether oxygens (including phenoxy) is 2. The molecule has 1 heterocycles. The zero-order valence-corrected chi connectivity index (χ0v) is 15.7. The van der Waals surface area contributed by atoms with Crippen molar-refractivity contribution in [2.24, 2.45) is 4.99 Å². The van der Waals surface area contributed by atoms with Crippen molar-refractivity contribution in [2.45, 2.75) is 19.4 Å². The Morgan fingerprint density at radius 3 is 2.73 bits per heavy atom. The highest BCUT2D eigenvalue weighted by Crippen LogP contribution is 2.33. The molecule has 0 aliphatic carbocycles. The fraction of sp³-hybridized carbons (Fsp3) is 0.350. The van der Waals surface area contributed by atoms with E-state index in [2.05, 4.69) is 28.3 Å². The Bertz CT molecular complexity index is 724. The smallest absolute Gasteiger partial charge is 0.191 e. The summed E-state index contributed by atoms with van der Waals surface area (Å²) in [6, 6.07) is 7.91. The third-order valence-electron chi connectivity index (χ3n) is 3.91. The standard InChI is InChI=1S/C20H27N3O3/c1-5-7-16-12-15(13-18(24-3)19(16)25-4)14-23-20(21-2)22-10-9-17-8-6-11-26-17/h5-6,8,11-13H,1,7,9-10,14H2,2-4H3,(H2,21,22,23). The molecule has 6 heteroatoms. The molecule has 2 rings (SSSR count). The van der Waals surface area contributed by atoms with E-state index in [1.54, 1.807) is 27.5 Å². The van der Waals surface area contributed by atoms with E-state index in [0.29, 0.717) is 18.7 Å². The number of rotatable bonds is 9. The zero-order chi connectivity index (χ0) is 18.8. The van der Waals surface area contributed by atoms with Gasteiger partial charge in [-0.1, -0.05) is 6.08 Å². The van der Waals surface area contributed by atoms with Crippen molar-refractivity contribution in [2.75, 3.05) is 27.8 Å². The van der Waals surface area contributed by atoms with Gasteiger partial charge in [0.15, 0.2) is 17.5 Å². The van der Waals surface area contributed by atoms with Gasteiger partial charge in [0.05, 0.1) is 20.5 Å². The van der Waals surface area contributed by atoms with E-state index < -0.39 is 0 Å². The number of hydrogen-bond acceptors (Lipinski definition) is 4. The second-order valence-electron chi connectivity index (χ2n) is 5.67. The van der Waals surface area contributed by atoms with Crippen LogP contribution in [0.25, 0.3) is 0 Å². The number of nitrogens with zero attached hydrogens (tertiary/aromatic N) is 1. The first-order chi connectivity index (χ1) is 12.7. The van der Waals surface area contributed by atoms with Crippen LogP contribution in [0, 0.1) is 0 Å². The molecule has 0 bridgehead atoms. The first kappa shape index (κ1) is 19.4. The molecule has 0 saturated heterocycles. The predicted octanol–water partition coefficient (Wildman–Crippen LogP) is 2.93. The molecule has 2 aromatic rings. The quantitative estimate of drug-likeness (QED) is 0.410. The van der Waals surface area contributed by atoms with Crippen molar-refractivity contribution in [3.63, 3.8) is 0 Å². The predicted molar refractivity (Wildman–Crippen MR) is 104 cm³/mol. The molecule has 0 spiro atoms. The summed E-state index contributed by atoms with van der Waals surface area (Å²) in [6.45, 7) is 5.16. The summed E-state index contributed by atoms with van der Waals surface area (Å²) in [6.07, 6.45) is 5.04. The summed E-state index contributed by atoms with van der Waals surface area (Å²) in [4.78, 5) is 4.25. The second kappa shape index (κ2) is 10.2. The number of aliphatic imine (C=N–C) groups is 1. The summed E-state index contributed by atoms with van der Waals surface area (Å²) in [5.41, 5.74) is 2.12. The molecule has 0 aliphatic rings. The molecule has 1 aromatic carbocycles. The van der Waals surface area contributed by atoms with Gasteiger partial charge in [0.1, 0.15) is 5.76 Å². The molecular formula is C20H27N3O3. The first-order valence-corrected chi connectivity index (χ1v) is 8.53. The molecule has 0 radical (unpaired) electrons. The Labute approximate surface area is 154 Å². The molecule has 2 N–H and O–H groups in total. The lowest BCUT2D eigenvalue weighted by atomic mass is 10.1. The number of furan rings is 1. The Hall–Kier alpha value is -2.89. The minimum Gasteiger partial charge on any atom is -0.493 e. The van der Waals surface area contributed by atoms with E-state index in [9.17, 15) is 0 Å². The summed E-state index contributed by atoms with van der Waals surface area (Å²) in [7, 11) is 5.04. The van der Waals surface area contributed by atoms with Gasteiger partial charge in [-0.05, 0) is 36.2 Å². The van der Waals surface area contributed by atoms with E-state index in [4.69, 9.17) is 13.9 Å². The lowest BCUT2D eigenvalue weighted by molar-refractivity contribution is 0.352. The van der Waals surface area contributed by atoms with Crippen molar-refractivity contribution in [3.8, 4) is 11.5 Å². The number of guanidine groups is 1. The molecule has 0 fully saturated rings. The molecule has 26 heavy (non-hydrogen) atoms. The zero-order valence-electron chi connectivity index (χ0n) is 15.7. The van der Waals surface area contributed by atoms with Crippen molar-refractivity contribution in [1.82, 2.24) is 10.6 Å². The number of allylic oxidation sites excluding steroid dienone is 1. The van der Waals surface area contributed by atoms with Gasteiger partial charge in [-0.25, -0.2) is 0 Å². The van der Waals surface area contributed by atoms with Crippen LogP contribution >= 0.6 is 0 Å². The van der Waals surface area contributed by atoms with Gasteiger partial charge in [0.25, 0.3) is 0 Å². The van der Waals surface area contributed by atoms with Crippen LogP contribution in [0.1, 0.15) is 16.9 Å². The monoisotopic (exact) mass is 357 g/mol. The number of nitrogens with one attached hydrogen (secondary N) is 2. The van der Waals surface area contributed by atoms with Crippen LogP contribution in [-0.4, -0.2) is 33.8 Å². The number of benzene rings is 1. The van der Waals surface area contributed by atoms with E-state index in [1.165, 1.54) is 0 Å². The minimum atomic E-state index is 0.616. The molecule has 0 amide bonds. The molecule has 1 aromatic heterocycles. The SMILES string of the molecule is C=CCc1cc(CNC(=NC)NCCc2ccco2)cc(OC)c1OC. The highest BCUT2D eigenvalue weighted by Gasteiger charge is 2.12. The van der Waals surface area contributed by atoms with Crippen molar-refractivity contribution in [1.29, 1.82) is 0 Å². The Kier molecular flexibility index (Phi) is 7.61. The fourth-order valence-corrected chi connectivity index (χ4v) is 2.68. The lowest BCUT2D eigenvalue weighted by Crippen LogP contribution is -2.37. The molecule has 140 valence electrons. The van der Waals surface area contributed by atoms with Crippen molar-refractivity contribution in [3.05, 3.63) is 60.1 Å². The molecule has 6 nitrogen and oxygen atoms in total. The summed E-state index contributed by atoms with van der Waals surface area (Å²) in [5, 5.41) is 6.59. The van der Waals surface area contributed by atoms with Crippen molar-refractivity contribution >= 4 is 5.96 Å². The van der Waals surface area contributed by atoms with E-state index in [-0.39, 0.29) is 0 Å². The molecule has 0 saturated carbocycles. The highest BCUT2D eigenvalue weighted by atomic mass is 16.5. The number of methoxy groups -OCH3 is 2. The Balaban J connectivity index is 1.97. The fourth-order valence-electron chi connectivity index (χ4n) is 2.68. The van der Waals surface area contributed by atoms with Gasteiger partial charge < -0.3 is 24.5 Å². The van der Waals surface area contributed by atoms with Crippen LogP contribution in [0.4, 0.5) is 0 Å². The Morgan fingerprint density at radius 1 is 1.27 bits per heavy atom. The van der Waals surface area contributed by atoms with Gasteiger partial charge in [-0.3, -0.25) is 4.99 Å². The van der Waals surface area contributed by atoms with Gasteiger partial charge in [-0.15, -0.1) is 6.58 Å². The third-order valence-corrected chi connectivity index (χ3v) is 3.91. The average molecular weight is 357 g/mol. The minimum absolute atomic E-state index is 0.616. The summed E-state index contributed by atoms with van der Waals surface area (Å²) < 4.78 is 16.3. The average Bonchev–Trinajstić information content (AvgIpc) is 3.17. The highest BCUT2D eigenvalue weighted by molar-refractivity contribution is 5.79. The maximum atomic E-state index is 5.47. The first-order valence-electron chi connectivity index (χ1n) is 8.53. The van der Waals surface area contributed by atoms with Crippen LogP contribution in [0.3, 0.4) is 0 Å². The van der Waals surface area contributed by atoms with Gasteiger partial charge >= 0.3 is 0 Å². The Morgan fingerprint density at radius 2 is 2.12 bits per heavy atom. The molecule has 0 atom stereocenters. The lowest BCUT2D eigenvalue weighted by Gasteiger charge is -2.16. The van der Waals surface area contributed by atoms with Gasteiger partial charge in [0, 0.05) is 32.1 Å². The van der Waals surface area contributed by atoms with E-state index in [0.717, 1.165) is 41.6 Å². The van der Waals surface area contributed by atoms with Gasteiger partial charge in [0.2, 0.25) is 0 Å². The maximum absolute atomic E-state index is 5.47. The molecule has 0 aliphatic heterocycles. The topological polar surface area (TPSA) is 68.0 Å². The molecule has 0 unspecified atom stereocenters. The normalized spacial score (nSPS) is 11.1. The molecular weight excluding hydrogens is 330 g/mol. The van der Waals surface area contributed by atoms with Crippen LogP contribution in [0.5, 0.6) is 11.5 Å².